The predicted octanol–water partition coefficient (Wildman–Crippen LogP) is 1.18. The van der Waals surface area contributed by atoms with Gasteiger partial charge in [0.05, 0.1) is 12.2 Å². The minimum absolute atomic E-state index is 0.252. The van der Waals surface area contributed by atoms with E-state index in [2.05, 4.69) is 12.2 Å². The molecule has 78 valence electrons. The molecule has 0 spiro atoms. The van der Waals surface area contributed by atoms with Gasteiger partial charge in [0.15, 0.2) is 0 Å². The van der Waals surface area contributed by atoms with Crippen LogP contribution in [0.4, 0.5) is 0 Å². The number of rotatable bonds is 6. The standard InChI is InChI=1S/C10H21NO2/c1-4-5-6-13-9-7-8(11-2)10(9)12-3/h8-11H,4-7H2,1-3H3. The molecule has 1 aliphatic rings. The third-order valence-electron chi connectivity index (χ3n) is 2.72. The van der Waals surface area contributed by atoms with Gasteiger partial charge in [-0.3, -0.25) is 0 Å². The number of likely N-dealkylation sites (N-methyl/N-ethyl adjacent to an activating group) is 1. The largest absolute Gasteiger partial charge is 0.377 e. The van der Waals surface area contributed by atoms with Crippen molar-refractivity contribution in [2.75, 3.05) is 20.8 Å². The van der Waals surface area contributed by atoms with E-state index in [4.69, 9.17) is 9.47 Å². The summed E-state index contributed by atoms with van der Waals surface area (Å²) in [5.41, 5.74) is 0. The highest BCUT2D eigenvalue weighted by molar-refractivity contribution is 4.96. The summed E-state index contributed by atoms with van der Waals surface area (Å²) >= 11 is 0. The second-order valence-electron chi connectivity index (χ2n) is 3.59. The summed E-state index contributed by atoms with van der Waals surface area (Å²) in [4.78, 5) is 0. The van der Waals surface area contributed by atoms with Crippen molar-refractivity contribution in [3.05, 3.63) is 0 Å². The third kappa shape index (κ3) is 2.66. The molecule has 0 aliphatic heterocycles. The van der Waals surface area contributed by atoms with Crippen molar-refractivity contribution in [1.82, 2.24) is 5.32 Å². The van der Waals surface area contributed by atoms with Crippen LogP contribution in [0.1, 0.15) is 26.2 Å². The van der Waals surface area contributed by atoms with Crippen LogP contribution in [0.5, 0.6) is 0 Å². The average molecular weight is 187 g/mol. The highest BCUT2D eigenvalue weighted by Gasteiger charge is 2.41. The van der Waals surface area contributed by atoms with E-state index in [1.165, 1.54) is 6.42 Å². The zero-order chi connectivity index (χ0) is 9.68. The lowest BCUT2D eigenvalue weighted by Crippen LogP contribution is -2.58. The molecule has 13 heavy (non-hydrogen) atoms. The minimum Gasteiger partial charge on any atom is -0.377 e. The van der Waals surface area contributed by atoms with E-state index in [1.807, 2.05) is 7.05 Å². The smallest absolute Gasteiger partial charge is 0.0986 e. The van der Waals surface area contributed by atoms with Crippen LogP contribution in [0.15, 0.2) is 0 Å². The molecule has 0 bridgehead atoms. The molecular formula is C10H21NO2. The van der Waals surface area contributed by atoms with Gasteiger partial charge in [0.25, 0.3) is 0 Å². The van der Waals surface area contributed by atoms with Gasteiger partial charge in [-0.2, -0.15) is 0 Å². The van der Waals surface area contributed by atoms with Crippen molar-refractivity contribution in [3.8, 4) is 0 Å². The van der Waals surface area contributed by atoms with Crippen LogP contribution in [0.2, 0.25) is 0 Å². The van der Waals surface area contributed by atoms with Gasteiger partial charge in [0, 0.05) is 19.8 Å². The van der Waals surface area contributed by atoms with Crippen LogP contribution in [0, 0.1) is 0 Å². The summed E-state index contributed by atoms with van der Waals surface area (Å²) in [6.07, 6.45) is 3.99. The maximum Gasteiger partial charge on any atom is 0.0986 e. The summed E-state index contributed by atoms with van der Waals surface area (Å²) in [5, 5.41) is 3.22. The number of unbranched alkanes of at least 4 members (excludes halogenated alkanes) is 1. The van der Waals surface area contributed by atoms with Crippen LogP contribution in [-0.4, -0.2) is 39.0 Å². The van der Waals surface area contributed by atoms with E-state index >= 15 is 0 Å². The fourth-order valence-corrected chi connectivity index (χ4v) is 1.72. The van der Waals surface area contributed by atoms with Gasteiger partial charge in [0.1, 0.15) is 0 Å². The highest BCUT2D eigenvalue weighted by atomic mass is 16.5. The maximum absolute atomic E-state index is 5.69. The number of methoxy groups -OCH3 is 1. The molecule has 0 aromatic heterocycles. The van der Waals surface area contributed by atoms with E-state index in [1.54, 1.807) is 7.11 Å². The first-order valence-corrected chi connectivity index (χ1v) is 5.15. The second-order valence-corrected chi connectivity index (χ2v) is 3.59. The SMILES string of the molecule is CCCCOC1CC(NC)C1OC. The molecule has 0 saturated heterocycles. The average Bonchev–Trinajstić information content (AvgIpc) is 2.11. The van der Waals surface area contributed by atoms with Crippen LogP contribution in [0.3, 0.4) is 0 Å². The first-order valence-electron chi connectivity index (χ1n) is 5.15. The fraction of sp³-hybridized carbons (Fsp3) is 1.00. The molecule has 0 radical (unpaired) electrons. The van der Waals surface area contributed by atoms with E-state index in [0.717, 1.165) is 19.4 Å². The quantitative estimate of drug-likeness (QED) is 0.633. The second kappa shape index (κ2) is 5.58. The Hall–Kier alpha value is -0.120. The Kier molecular flexibility index (Phi) is 4.70. The Balaban J connectivity index is 2.14. The number of nitrogens with one attached hydrogen (secondary N) is 1. The molecule has 3 heteroatoms. The number of ether oxygens (including phenoxy) is 2. The molecule has 3 nitrogen and oxygen atoms in total. The Morgan fingerprint density at radius 1 is 1.46 bits per heavy atom. The van der Waals surface area contributed by atoms with Gasteiger partial charge in [-0.15, -0.1) is 0 Å². The first-order chi connectivity index (χ1) is 6.33. The molecule has 1 aliphatic carbocycles. The summed E-state index contributed by atoms with van der Waals surface area (Å²) < 4.78 is 11.0. The van der Waals surface area contributed by atoms with Crippen molar-refractivity contribution in [2.45, 2.75) is 44.4 Å². The molecule has 1 rings (SSSR count). The zero-order valence-electron chi connectivity index (χ0n) is 8.88. The zero-order valence-corrected chi connectivity index (χ0v) is 8.88. The summed E-state index contributed by atoms with van der Waals surface area (Å²) in [6, 6.07) is 0.483. The molecular weight excluding hydrogens is 166 g/mol. The normalized spacial score (nSPS) is 33.0. The highest BCUT2D eigenvalue weighted by Crippen LogP contribution is 2.26. The molecule has 1 saturated carbocycles. The Labute approximate surface area is 80.8 Å². The van der Waals surface area contributed by atoms with E-state index in [0.29, 0.717) is 12.1 Å². The molecule has 0 aromatic rings. The van der Waals surface area contributed by atoms with E-state index < -0.39 is 0 Å². The van der Waals surface area contributed by atoms with Gasteiger partial charge in [0.2, 0.25) is 0 Å². The van der Waals surface area contributed by atoms with Crippen LogP contribution < -0.4 is 5.32 Å². The monoisotopic (exact) mass is 187 g/mol. The van der Waals surface area contributed by atoms with Crippen molar-refractivity contribution in [2.24, 2.45) is 0 Å². The lowest BCUT2D eigenvalue weighted by atomic mass is 9.85. The molecule has 0 aromatic carbocycles. The van der Waals surface area contributed by atoms with Crippen LogP contribution in [-0.2, 0) is 9.47 Å². The molecule has 3 unspecified atom stereocenters. The number of hydrogen-bond donors (Lipinski definition) is 1. The Bertz CT molecular complexity index is 141. The van der Waals surface area contributed by atoms with Gasteiger partial charge in [-0.25, -0.2) is 0 Å². The molecule has 3 atom stereocenters. The topological polar surface area (TPSA) is 30.5 Å². The molecule has 1 fully saturated rings. The van der Waals surface area contributed by atoms with Crippen molar-refractivity contribution in [1.29, 1.82) is 0 Å². The van der Waals surface area contributed by atoms with E-state index in [9.17, 15) is 0 Å². The lowest BCUT2D eigenvalue weighted by Gasteiger charge is -2.43. The van der Waals surface area contributed by atoms with Crippen molar-refractivity contribution >= 4 is 0 Å². The minimum atomic E-state index is 0.252. The van der Waals surface area contributed by atoms with Crippen molar-refractivity contribution in [3.63, 3.8) is 0 Å². The van der Waals surface area contributed by atoms with Gasteiger partial charge < -0.3 is 14.8 Å². The van der Waals surface area contributed by atoms with Crippen molar-refractivity contribution < 1.29 is 9.47 Å². The first kappa shape index (κ1) is 11.0. The third-order valence-corrected chi connectivity index (χ3v) is 2.72. The summed E-state index contributed by atoms with van der Waals surface area (Å²) in [7, 11) is 3.73. The molecule has 1 N–H and O–H groups in total. The summed E-state index contributed by atoms with van der Waals surface area (Å²) in [5.74, 6) is 0. The van der Waals surface area contributed by atoms with Crippen LogP contribution >= 0.6 is 0 Å². The van der Waals surface area contributed by atoms with Crippen LogP contribution in [0.25, 0.3) is 0 Å². The maximum atomic E-state index is 5.69. The Morgan fingerprint density at radius 2 is 2.23 bits per heavy atom. The molecule has 0 amide bonds. The fourth-order valence-electron chi connectivity index (χ4n) is 1.72. The van der Waals surface area contributed by atoms with E-state index in [-0.39, 0.29) is 6.10 Å². The van der Waals surface area contributed by atoms with Gasteiger partial charge in [-0.1, -0.05) is 13.3 Å². The van der Waals surface area contributed by atoms with Gasteiger partial charge in [-0.05, 0) is 19.9 Å². The Morgan fingerprint density at radius 3 is 2.77 bits per heavy atom. The predicted molar refractivity (Wildman–Crippen MR) is 52.9 cm³/mol. The summed E-state index contributed by atoms with van der Waals surface area (Å²) in [6.45, 7) is 3.05. The lowest BCUT2D eigenvalue weighted by molar-refractivity contribution is -0.132. The molecule has 0 heterocycles. The van der Waals surface area contributed by atoms with Gasteiger partial charge >= 0.3 is 0 Å². The number of hydrogen-bond acceptors (Lipinski definition) is 3.